The number of amides is 1. The van der Waals surface area contributed by atoms with Crippen molar-refractivity contribution in [1.29, 1.82) is 0 Å². The third-order valence-corrected chi connectivity index (χ3v) is 8.86. The molecule has 208 valence electrons. The predicted molar refractivity (Wildman–Crippen MR) is 160 cm³/mol. The Morgan fingerprint density at radius 1 is 1.20 bits per heavy atom. The highest BCUT2D eigenvalue weighted by molar-refractivity contribution is 7.18. The van der Waals surface area contributed by atoms with E-state index in [9.17, 15) is 9.18 Å². The van der Waals surface area contributed by atoms with Crippen LogP contribution in [-0.4, -0.2) is 52.6 Å². The second-order valence-electron chi connectivity index (χ2n) is 9.40. The van der Waals surface area contributed by atoms with E-state index < -0.39 is 5.82 Å². The van der Waals surface area contributed by atoms with E-state index in [1.165, 1.54) is 29.5 Å². The van der Waals surface area contributed by atoms with Crippen LogP contribution in [0.2, 0.25) is 0 Å². The molecule has 11 heteroatoms. The van der Waals surface area contributed by atoms with E-state index >= 15 is 0 Å². The van der Waals surface area contributed by atoms with Crippen LogP contribution in [0.25, 0.3) is 43.2 Å². The second-order valence-corrected chi connectivity index (χ2v) is 11.4. The number of aromatic nitrogens is 3. The fourth-order valence-corrected chi connectivity index (χ4v) is 6.99. The van der Waals surface area contributed by atoms with Gasteiger partial charge in [0.25, 0.3) is 0 Å². The quantitative estimate of drug-likeness (QED) is 0.176. The molecule has 1 amide bonds. The van der Waals surface area contributed by atoms with Crippen LogP contribution in [0.5, 0.6) is 5.75 Å². The average molecular weight is 588 g/mol. The van der Waals surface area contributed by atoms with E-state index in [1.807, 2.05) is 17.5 Å². The number of nitrogen functional groups attached to an aromatic ring is 1. The molecule has 0 spiro atoms. The van der Waals surface area contributed by atoms with E-state index in [0.29, 0.717) is 53.9 Å². The Labute approximate surface area is 243 Å². The number of fused-ring (bicyclic) bond motifs is 2. The monoisotopic (exact) mass is 587 g/mol. The standard InChI is InChI=1S/C30H26FN5O3S2/c1-3-25(37)36-10-7-21-23(16-36)41-30(34-21)28-26(19-5-4-18(31)15-22(19)39-12-11-38-2)29-20(8-13-40-29)27(35-28)17-6-9-33-24(32)14-17/h3-6,8-9,13-15H,1,7,10-12,16H2,2H3,(H2,32,33). The number of anilines is 1. The molecule has 1 aliphatic rings. The third-order valence-electron chi connectivity index (χ3n) is 6.84. The highest BCUT2D eigenvalue weighted by Crippen LogP contribution is 2.47. The zero-order chi connectivity index (χ0) is 28.5. The van der Waals surface area contributed by atoms with Gasteiger partial charge in [0.2, 0.25) is 5.91 Å². The van der Waals surface area contributed by atoms with E-state index in [0.717, 1.165) is 37.5 Å². The summed E-state index contributed by atoms with van der Waals surface area (Å²) < 4.78 is 26.6. The normalized spacial score (nSPS) is 12.9. The molecule has 1 aromatic carbocycles. The third kappa shape index (κ3) is 5.19. The summed E-state index contributed by atoms with van der Waals surface area (Å²) in [4.78, 5) is 29.5. The van der Waals surface area contributed by atoms with Crippen molar-refractivity contribution in [3.8, 4) is 38.8 Å². The first-order valence-corrected chi connectivity index (χ1v) is 14.6. The molecular formula is C30H26FN5O3S2. The second kappa shape index (κ2) is 11.4. The number of carbonyl (C=O) groups is 1. The lowest BCUT2D eigenvalue weighted by Gasteiger charge is -2.24. The van der Waals surface area contributed by atoms with Crippen molar-refractivity contribution in [2.24, 2.45) is 0 Å². The summed E-state index contributed by atoms with van der Waals surface area (Å²) in [5.74, 6) is 0.275. The Kier molecular flexibility index (Phi) is 7.48. The lowest BCUT2D eigenvalue weighted by Crippen LogP contribution is -2.34. The molecule has 0 saturated heterocycles. The predicted octanol–water partition coefficient (Wildman–Crippen LogP) is 5.97. The zero-order valence-electron chi connectivity index (χ0n) is 22.2. The van der Waals surface area contributed by atoms with E-state index in [2.05, 4.69) is 11.6 Å². The molecule has 0 aliphatic carbocycles. The minimum absolute atomic E-state index is 0.105. The molecule has 0 saturated carbocycles. The van der Waals surface area contributed by atoms with Gasteiger partial charge in [0, 0.05) is 64.0 Å². The van der Waals surface area contributed by atoms with Crippen molar-refractivity contribution in [1.82, 2.24) is 19.9 Å². The molecule has 5 aromatic rings. The minimum atomic E-state index is -0.404. The molecule has 0 radical (unpaired) electrons. The van der Waals surface area contributed by atoms with Crippen molar-refractivity contribution in [3.05, 3.63) is 77.0 Å². The van der Waals surface area contributed by atoms with Crippen LogP contribution in [0.3, 0.4) is 0 Å². The fourth-order valence-electron chi connectivity index (χ4n) is 4.92. The summed E-state index contributed by atoms with van der Waals surface area (Å²) in [7, 11) is 1.59. The number of nitrogens with zero attached hydrogens (tertiary/aromatic N) is 4. The average Bonchev–Trinajstić information content (AvgIpc) is 3.64. The Morgan fingerprint density at radius 3 is 2.88 bits per heavy atom. The first-order chi connectivity index (χ1) is 20.0. The van der Waals surface area contributed by atoms with Crippen molar-refractivity contribution in [2.75, 3.05) is 32.6 Å². The maximum atomic E-state index is 14.5. The lowest BCUT2D eigenvalue weighted by atomic mass is 9.98. The van der Waals surface area contributed by atoms with Gasteiger partial charge in [-0.2, -0.15) is 0 Å². The van der Waals surface area contributed by atoms with E-state index in [-0.39, 0.29) is 12.5 Å². The van der Waals surface area contributed by atoms with Crippen LogP contribution in [0, 0.1) is 5.82 Å². The summed E-state index contributed by atoms with van der Waals surface area (Å²) in [6.07, 6.45) is 3.63. The van der Waals surface area contributed by atoms with Crippen molar-refractivity contribution in [3.63, 3.8) is 0 Å². The van der Waals surface area contributed by atoms with Gasteiger partial charge >= 0.3 is 0 Å². The van der Waals surface area contributed by atoms with Gasteiger partial charge in [0.05, 0.1) is 24.5 Å². The number of hydrogen-bond acceptors (Lipinski definition) is 9. The van der Waals surface area contributed by atoms with Gasteiger partial charge in [0.15, 0.2) is 0 Å². The Morgan fingerprint density at radius 2 is 2.07 bits per heavy atom. The van der Waals surface area contributed by atoms with Crippen LogP contribution in [0.4, 0.5) is 10.2 Å². The first-order valence-electron chi connectivity index (χ1n) is 12.9. The maximum absolute atomic E-state index is 14.5. The van der Waals surface area contributed by atoms with Gasteiger partial charge in [-0.3, -0.25) is 4.79 Å². The number of pyridine rings is 2. The van der Waals surface area contributed by atoms with Crippen LogP contribution in [0.1, 0.15) is 10.6 Å². The number of thiophene rings is 1. The molecule has 5 heterocycles. The number of carbonyl (C=O) groups excluding carboxylic acids is 1. The van der Waals surface area contributed by atoms with Gasteiger partial charge in [-0.1, -0.05) is 6.58 Å². The van der Waals surface area contributed by atoms with Crippen LogP contribution >= 0.6 is 22.7 Å². The molecule has 0 bridgehead atoms. The molecule has 1 aliphatic heterocycles. The molecule has 8 nitrogen and oxygen atoms in total. The molecule has 0 unspecified atom stereocenters. The summed E-state index contributed by atoms with van der Waals surface area (Å²) in [5, 5.41) is 3.65. The Bertz CT molecular complexity index is 1780. The molecule has 0 atom stereocenters. The molecule has 2 N–H and O–H groups in total. The van der Waals surface area contributed by atoms with Crippen molar-refractivity contribution < 1.29 is 18.7 Å². The Hall–Kier alpha value is -4.19. The molecule has 0 fully saturated rings. The number of methoxy groups -OCH3 is 1. The van der Waals surface area contributed by atoms with E-state index in [1.54, 1.807) is 41.7 Å². The van der Waals surface area contributed by atoms with Gasteiger partial charge in [-0.05, 0) is 41.8 Å². The summed E-state index contributed by atoms with van der Waals surface area (Å²) in [6.45, 7) is 5.28. The van der Waals surface area contributed by atoms with Crippen LogP contribution in [0.15, 0.2) is 60.6 Å². The van der Waals surface area contributed by atoms with Gasteiger partial charge in [0.1, 0.15) is 34.7 Å². The summed E-state index contributed by atoms with van der Waals surface area (Å²) in [6, 6.07) is 10.2. The number of thiazole rings is 1. The fraction of sp³-hybridized carbons (Fsp3) is 0.200. The highest BCUT2D eigenvalue weighted by Gasteiger charge is 2.28. The molecule has 4 aromatic heterocycles. The van der Waals surface area contributed by atoms with Crippen LogP contribution < -0.4 is 10.5 Å². The molecule has 6 rings (SSSR count). The molecular weight excluding hydrogens is 561 g/mol. The largest absolute Gasteiger partial charge is 0.490 e. The molecule has 41 heavy (non-hydrogen) atoms. The van der Waals surface area contributed by atoms with Crippen molar-refractivity contribution in [2.45, 2.75) is 13.0 Å². The SMILES string of the molecule is C=CC(=O)N1CCc2nc(-c3nc(-c4ccnc(N)c4)c4ccsc4c3-c3ccc(F)cc3OCCOC)sc2C1. The minimum Gasteiger partial charge on any atom is -0.490 e. The van der Waals surface area contributed by atoms with Gasteiger partial charge in [-0.25, -0.2) is 19.3 Å². The number of halogens is 1. The summed E-state index contributed by atoms with van der Waals surface area (Å²) >= 11 is 3.07. The maximum Gasteiger partial charge on any atom is 0.246 e. The van der Waals surface area contributed by atoms with E-state index in [4.69, 9.17) is 25.2 Å². The zero-order valence-corrected chi connectivity index (χ0v) is 23.9. The van der Waals surface area contributed by atoms with Crippen LogP contribution in [-0.2, 0) is 22.5 Å². The highest BCUT2D eigenvalue weighted by atomic mass is 32.1. The number of rotatable bonds is 8. The smallest absolute Gasteiger partial charge is 0.246 e. The topological polar surface area (TPSA) is 103 Å². The number of nitrogens with two attached hydrogens (primary N) is 1. The lowest BCUT2D eigenvalue weighted by molar-refractivity contribution is -0.126. The van der Waals surface area contributed by atoms with Gasteiger partial charge < -0.3 is 20.1 Å². The number of benzene rings is 1. The number of hydrogen-bond donors (Lipinski definition) is 1. The summed E-state index contributed by atoms with van der Waals surface area (Å²) in [5.41, 5.74) is 10.7. The van der Waals surface area contributed by atoms with Crippen molar-refractivity contribution >= 4 is 44.5 Å². The Balaban J connectivity index is 1.59. The van der Waals surface area contributed by atoms with Gasteiger partial charge in [-0.15, -0.1) is 22.7 Å². The first kappa shape index (κ1) is 27.0. The number of ether oxygens (including phenoxy) is 2.